The van der Waals surface area contributed by atoms with Crippen LogP contribution in [-0.4, -0.2) is 54.5 Å². The fourth-order valence-electron chi connectivity index (χ4n) is 3.23. The highest BCUT2D eigenvalue weighted by molar-refractivity contribution is 14.1. The molecule has 0 spiro atoms. The molecule has 9 heteroatoms. The highest BCUT2D eigenvalue weighted by atomic mass is 127. The number of ether oxygens (including phenoxy) is 1. The van der Waals surface area contributed by atoms with Crippen molar-refractivity contribution in [2.24, 2.45) is 0 Å². The van der Waals surface area contributed by atoms with E-state index in [-0.39, 0.29) is 23.8 Å². The maximum absolute atomic E-state index is 12.7. The van der Waals surface area contributed by atoms with Crippen LogP contribution in [0.2, 0.25) is 0 Å². The molecule has 8 nitrogen and oxygen atoms in total. The molecule has 0 aromatic heterocycles. The Labute approximate surface area is 181 Å². The summed E-state index contributed by atoms with van der Waals surface area (Å²) in [5.74, 6) is -0.634. The van der Waals surface area contributed by atoms with Crippen LogP contribution >= 0.6 is 22.6 Å². The van der Waals surface area contributed by atoms with Gasteiger partial charge in [-0.2, -0.15) is 0 Å². The minimum atomic E-state index is -0.588. The topological polar surface area (TPSA) is 93.0 Å². The lowest BCUT2D eigenvalue weighted by atomic mass is 10.1. The lowest BCUT2D eigenvalue weighted by molar-refractivity contribution is -0.384. The zero-order valence-corrected chi connectivity index (χ0v) is 18.0. The Morgan fingerprint density at radius 2 is 1.83 bits per heavy atom. The van der Waals surface area contributed by atoms with Crippen molar-refractivity contribution in [3.63, 3.8) is 0 Å². The van der Waals surface area contributed by atoms with E-state index in [0.717, 1.165) is 3.57 Å². The zero-order chi connectivity index (χ0) is 21.0. The number of nitro benzene ring substituents is 1. The van der Waals surface area contributed by atoms with E-state index in [0.29, 0.717) is 37.4 Å². The van der Waals surface area contributed by atoms with Crippen LogP contribution in [0.3, 0.4) is 0 Å². The van der Waals surface area contributed by atoms with Gasteiger partial charge in [0.1, 0.15) is 5.69 Å². The number of piperazine rings is 1. The standard InChI is InChI=1S/C20H20IN3O5/c1-2-29-20(26)15-6-7-17(18(13-15)24(27)28)22-8-10-23(11-9-22)19(25)14-4-3-5-16(21)12-14/h3-7,12-13H,2,8-11H2,1H3. The van der Waals surface area contributed by atoms with Crippen LogP contribution in [0.5, 0.6) is 0 Å². The van der Waals surface area contributed by atoms with E-state index >= 15 is 0 Å². The van der Waals surface area contributed by atoms with Crippen molar-refractivity contribution in [3.8, 4) is 0 Å². The first-order chi connectivity index (χ1) is 13.9. The van der Waals surface area contributed by atoms with Crippen molar-refractivity contribution >= 4 is 45.8 Å². The molecule has 0 bridgehead atoms. The van der Waals surface area contributed by atoms with Gasteiger partial charge < -0.3 is 14.5 Å². The highest BCUT2D eigenvalue weighted by Gasteiger charge is 2.27. The molecule has 29 heavy (non-hydrogen) atoms. The SMILES string of the molecule is CCOC(=O)c1ccc(N2CCN(C(=O)c3cccc(I)c3)CC2)c([N+](=O)[O-])c1. The molecule has 1 amide bonds. The number of hydrogen-bond acceptors (Lipinski definition) is 6. The largest absolute Gasteiger partial charge is 0.462 e. The second-order valence-electron chi connectivity index (χ2n) is 6.47. The lowest BCUT2D eigenvalue weighted by Crippen LogP contribution is -2.49. The Kier molecular flexibility index (Phi) is 6.68. The fourth-order valence-corrected chi connectivity index (χ4v) is 3.78. The third kappa shape index (κ3) is 4.84. The van der Waals surface area contributed by atoms with Crippen molar-refractivity contribution in [2.45, 2.75) is 6.92 Å². The van der Waals surface area contributed by atoms with Gasteiger partial charge >= 0.3 is 5.97 Å². The number of benzene rings is 2. The summed E-state index contributed by atoms with van der Waals surface area (Å²) < 4.78 is 5.91. The summed E-state index contributed by atoms with van der Waals surface area (Å²) in [5.41, 5.74) is 1.07. The summed E-state index contributed by atoms with van der Waals surface area (Å²) in [6.07, 6.45) is 0. The van der Waals surface area contributed by atoms with Crippen LogP contribution in [0.25, 0.3) is 0 Å². The number of carbonyl (C=O) groups is 2. The predicted molar refractivity (Wildman–Crippen MR) is 116 cm³/mol. The predicted octanol–water partition coefficient (Wildman–Crippen LogP) is 3.34. The highest BCUT2D eigenvalue weighted by Crippen LogP contribution is 2.30. The number of rotatable bonds is 5. The third-order valence-corrected chi connectivity index (χ3v) is 5.33. The molecule has 0 aliphatic carbocycles. The Bertz CT molecular complexity index is 941. The van der Waals surface area contributed by atoms with Crippen molar-refractivity contribution in [1.82, 2.24) is 4.90 Å². The quantitative estimate of drug-likeness (QED) is 0.266. The monoisotopic (exact) mass is 509 g/mol. The molecule has 2 aromatic carbocycles. The van der Waals surface area contributed by atoms with Crippen molar-refractivity contribution in [2.75, 3.05) is 37.7 Å². The molecular formula is C20H20IN3O5. The Morgan fingerprint density at radius 1 is 1.10 bits per heavy atom. The Balaban J connectivity index is 1.74. The summed E-state index contributed by atoms with van der Waals surface area (Å²) in [7, 11) is 0. The van der Waals surface area contributed by atoms with Gasteiger partial charge in [-0.15, -0.1) is 0 Å². The van der Waals surface area contributed by atoms with E-state index in [1.165, 1.54) is 12.1 Å². The number of halogens is 1. The van der Waals surface area contributed by atoms with Gasteiger partial charge in [-0.05, 0) is 59.8 Å². The van der Waals surface area contributed by atoms with E-state index in [4.69, 9.17) is 4.74 Å². The lowest BCUT2D eigenvalue weighted by Gasteiger charge is -2.36. The summed E-state index contributed by atoms with van der Waals surface area (Å²) >= 11 is 2.17. The maximum atomic E-state index is 12.7. The summed E-state index contributed by atoms with van der Waals surface area (Å²) in [6, 6.07) is 11.8. The van der Waals surface area contributed by atoms with E-state index < -0.39 is 10.9 Å². The fraction of sp³-hybridized carbons (Fsp3) is 0.300. The molecule has 2 aromatic rings. The molecule has 1 fully saturated rings. The number of amides is 1. The first-order valence-electron chi connectivity index (χ1n) is 9.16. The molecule has 0 unspecified atom stereocenters. The molecule has 1 saturated heterocycles. The van der Waals surface area contributed by atoms with Gasteiger partial charge in [0.2, 0.25) is 0 Å². The first-order valence-corrected chi connectivity index (χ1v) is 10.2. The van der Waals surface area contributed by atoms with Gasteiger partial charge in [0.25, 0.3) is 11.6 Å². The number of hydrogen-bond donors (Lipinski definition) is 0. The van der Waals surface area contributed by atoms with Crippen LogP contribution in [0.1, 0.15) is 27.6 Å². The minimum Gasteiger partial charge on any atom is -0.462 e. The van der Waals surface area contributed by atoms with Gasteiger partial charge in [-0.3, -0.25) is 14.9 Å². The normalized spacial score (nSPS) is 13.9. The smallest absolute Gasteiger partial charge is 0.338 e. The molecule has 152 valence electrons. The summed E-state index contributed by atoms with van der Waals surface area (Å²) in [5, 5.41) is 11.5. The average Bonchev–Trinajstić information content (AvgIpc) is 2.73. The molecule has 1 heterocycles. The number of esters is 1. The van der Waals surface area contributed by atoms with Crippen LogP contribution in [-0.2, 0) is 4.74 Å². The molecular weight excluding hydrogens is 489 g/mol. The average molecular weight is 509 g/mol. The molecule has 0 saturated carbocycles. The van der Waals surface area contributed by atoms with Gasteiger partial charge in [-0.25, -0.2) is 4.79 Å². The molecule has 3 rings (SSSR count). The van der Waals surface area contributed by atoms with E-state index in [1.807, 2.05) is 23.1 Å². The Morgan fingerprint density at radius 3 is 2.45 bits per heavy atom. The molecule has 1 aliphatic rings. The summed E-state index contributed by atoms with van der Waals surface area (Å²) in [4.78, 5) is 39.2. The third-order valence-electron chi connectivity index (χ3n) is 4.66. The number of nitro groups is 1. The minimum absolute atomic E-state index is 0.0460. The molecule has 1 aliphatic heterocycles. The van der Waals surface area contributed by atoms with Crippen LogP contribution in [0.4, 0.5) is 11.4 Å². The van der Waals surface area contributed by atoms with Gasteiger partial charge in [0.15, 0.2) is 0 Å². The van der Waals surface area contributed by atoms with Crippen LogP contribution < -0.4 is 4.90 Å². The number of nitrogens with zero attached hydrogens (tertiary/aromatic N) is 3. The van der Waals surface area contributed by atoms with Crippen molar-refractivity contribution in [1.29, 1.82) is 0 Å². The van der Waals surface area contributed by atoms with Gasteiger partial charge in [0, 0.05) is 41.4 Å². The van der Waals surface area contributed by atoms with Crippen molar-refractivity contribution < 1.29 is 19.2 Å². The van der Waals surface area contributed by atoms with Crippen LogP contribution in [0, 0.1) is 13.7 Å². The molecule has 0 N–H and O–H groups in total. The van der Waals surface area contributed by atoms with E-state index in [9.17, 15) is 19.7 Å². The first kappa shape index (κ1) is 21.0. The molecule has 0 atom stereocenters. The zero-order valence-electron chi connectivity index (χ0n) is 15.8. The van der Waals surface area contributed by atoms with E-state index in [2.05, 4.69) is 22.6 Å². The van der Waals surface area contributed by atoms with Crippen LogP contribution in [0.15, 0.2) is 42.5 Å². The Hall–Kier alpha value is -2.69. The van der Waals surface area contributed by atoms with Gasteiger partial charge in [-0.1, -0.05) is 6.07 Å². The maximum Gasteiger partial charge on any atom is 0.338 e. The molecule has 0 radical (unpaired) electrons. The number of anilines is 1. The second kappa shape index (κ2) is 9.21. The van der Waals surface area contributed by atoms with E-state index in [1.54, 1.807) is 24.0 Å². The number of carbonyl (C=O) groups excluding carboxylic acids is 2. The second-order valence-corrected chi connectivity index (χ2v) is 7.72. The van der Waals surface area contributed by atoms with Crippen molar-refractivity contribution in [3.05, 3.63) is 67.3 Å². The van der Waals surface area contributed by atoms with Gasteiger partial charge in [0.05, 0.1) is 17.1 Å². The summed E-state index contributed by atoms with van der Waals surface area (Å²) in [6.45, 7) is 3.73.